The molecule has 1 aromatic carbocycles. The highest BCUT2D eigenvalue weighted by Gasteiger charge is 2.24. The van der Waals surface area contributed by atoms with Crippen molar-refractivity contribution in [3.05, 3.63) is 69.3 Å². The Labute approximate surface area is 149 Å². The molecular weight excluding hydrogens is 395 g/mol. The minimum absolute atomic E-state index is 0.0498. The Balaban J connectivity index is 1.99. The van der Waals surface area contributed by atoms with Crippen LogP contribution in [0.5, 0.6) is 0 Å². The molecule has 2 aromatic heterocycles. The maximum atomic E-state index is 14.0. The smallest absolute Gasteiger partial charge is 0.332 e. The topological polar surface area (TPSA) is 106 Å². The van der Waals surface area contributed by atoms with Crippen molar-refractivity contribution in [2.24, 2.45) is 0 Å². The molecule has 0 bridgehead atoms. The lowest BCUT2D eigenvalue weighted by Crippen LogP contribution is -2.06. The average Bonchev–Trinajstić information content (AvgIpc) is 2.58. The third-order valence-electron chi connectivity index (χ3n) is 3.10. The number of hydrogen-bond donors (Lipinski definition) is 2. The van der Waals surface area contributed by atoms with E-state index in [9.17, 15) is 14.5 Å². The molecule has 0 saturated carbocycles. The van der Waals surface area contributed by atoms with Crippen LogP contribution in [0.2, 0.25) is 0 Å². The summed E-state index contributed by atoms with van der Waals surface area (Å²) in [5.74, 6) is -0.398. The van der Waals surface area contributed by atoms with Crippen LogP contribution < -0.4 is 10.6 Å². The Morgan fingerprint density at radius 1 is 1.08 bits per heavy atom. The Kier molecular flexibility index (Phi) is 4.80. The Hall–Kier alpha value is -3.14. The number of nitrogens with one attached hydrogen (secondary N) is 2. The van der Waals surface area contributed by atoms with Gasteiger partial charge in [-0.25, -0.2) is 19.3 Å². The number of nitrogens with zero attached hydrogens (tertiary/aromatic N) is 4. The van der Waals surface area contributed by atoms with Gasteiger partial charge in [0.25, 0.3) is 0 Å². The fourth-order valence-corrected chi connectivity index (χ4v) is 2.34. The SMILES string of the molecule is O=[N+]([O-])c1c(Nc2ccccn2)ncnc1Nc1ccc(Br)cc1F. The molecule has 0 saturated heterocycles. The van der Waals surface area contributed by atoms with Crippen LogP contribution in [0.1, 0.15) is 0 Å². The highest BCUT2D eigenvalue weighted by molar-refractivity contribution is 9.10. The van der Waals surface area contributed by atoms with E-state index in [-0.39, 0.29) is 17.3 Å². The second-order valence-corrected chi connectivity index (χ2v) is 5.68. The number of aromatic nitrogens is 3. The summed E-state index contributed by atoms with van der Waals surface area (Å²) < 4.78 is 14.5. The maximum Gasteiger partial charge on any atom is 0.353 e. The van der Waals surface area contributed by atoms with Gasteiger partial charge in [-0.1, -0.05) is 22.0 Å². The van der Waals surface area contributed by atoms with Gasteiger partial charge < -0.3 is 10.6 Å². The molecule has 8 nitrogen and oxygen atoms in total. The summed E-state index contributed by atoms with van der Waals surface area (Å²) >= 11 is 3.15. The Bertz CT molecular complexity index is 925. The van der Waals surface area contributed by atoms with Crippen LogP contribution in [0, 0.1) is 15.9 Å². The standard InChI is InChI=1S/C15H10BrFN6O2/c16-9-4-5-11(10(17)7-9)21-14-13(23(24)25)15(20-8-19-14)22-12-3-1-2-6-18-12/h1-8H,(H2,18,19,20,21,22). The molecule has 10 heteroatoms. The quantitative estimate of drug-likeness (QED) is 0.485. The van der Waals surface area contributed by atoms with Crippen molar-refractivity contribution in [1.82, 2.24) is 15.0 Å². The molecule has 0 amide bonds. The fraction of sp³-hybridized carbons (Fsp3) is 0. The van der Waals surface area contributed by atoms with Gasteiger partial charge in [0.05, 0.1) is 10.6 Å². The van der Waals surface area contributed by atoms with Crippen molar-refractivity contribution in [2.75, 3.05) is 10.6 Å². The second-order valence-electron chi connectivity index (χ2n) is 4.77. The minimum atomic E-state index is -0.648. The van der Waals surface area contributed by atoms with Crippen LogP contribution in [0.3, 0.4) is 0 Å². The van der Waals surface area contributed by atoms with E-state index in [2.05, 4.69) is 41.5 Å². The lowest BCUT2D eigenvalue weighted by Gasteiger charge is -2.10. The summed E-state index contributed by atoms with van der Waals surface area (Å²) in [7, 11) is 0. The normalized spacial score (nSPS) is 10.3. The predicted octanol–water partition coefficient (Wildman–Crippen LogP) is 4.17. The van der Waals surface area contributed by atoms with Crippen LogP contribution in [0.15, 0.2) is 53.4 Å². The van der Waals surface area contributed by atoms with Crippen LogP contribution in [-0.4, -0.2) is 19.9 Å². The number of pyridine rings is 1. The van der Waals surface area contributed by atoms with E-state index in [1.54, 1.807) is 24.3 Å². The molecule has 126 valence electrons. The van der Waals surface area contributed by atoms with Gasteiger partial charge in [-0.15, -0.1) is 0 Å². The summed E-state index contributed by atoms with van der Waals surface area (Å²) in [6, 6.07) is 9.35. The zero-order chi connectivity index (χ0) is 17.8. The van der Waals surface area contributed by atoms with Gasteiger partial charge in [0.15, 0.2) is 0 Å². The van der Waals surface area contributed by atoms with Crippen LogP contribution in [0.4, 0.5) is 33.2 Å². The molecule has 0 fully saturated rings. The molecule has 3 aromatic rings. The molecular formula is C15H10BrFN6O2. The van der Waals surface area contributed by atoms with E-state index in [1.165, 1.54) is 18.3 Å². The van der Waals surface area contributed by atoms with Gasteiger partial charge in [-0.3, -0.25) is 10.1 Å². The molecule has 3 rings (SSSR count). The van der Waals surface area contributed by atoms with Crippen LogP contribution >= 0.6 is 15.9 Å². The molecule has 2 N–H and O–H groups in total. The first-order chi connectivity index (χ1) is 12.0. The van der Waals surface area contributed by atoms with E-state index >= 15 is 0 Å². The summed E-state index contributed by atoms with van der Waals surface area (Å²) in [6.07, 6.45) is 2.67. The molecule has 0 atom stereocenters. The third kappa shape index (κ3) is 3.86. The first kappa shape index (κ1) is 16.7. The summed E-state index contributed by atoms with van der Waals surface area (Å²) in [5, 5.41) is 16.9. The number of halogens is 2. The molecule has 0 aliphatic carbocycles. The molecule has 25 heavy (non-hydrogen) atoms. The van der Waals surface area contributed by atoms with Gasteiger partial charge in [0, 0.05) is 10.7 Å². The maximum absolute atomic E-state index is 14.0. The first-order valence-corrected chi connectivity index (χ1v) is 7.73. The number of hydrogen-bond acceptors (Lipinski definition) is 7. The molecule has 0 aliphatic rings. The van der Waals surface area contributed by atoms with E-state index in [0.717, 1.165) is 6.33 Å². The van der Waals surface area contributed by atoms with Gasteiger partial charge in [0.1, 0.15) is 18.0 Å². The summed E-state index contributed by atoms with van der Waals surface area (Å²) in [6.45, 7) is 0. The molecule has 0 unspecified atom stereocenters. The van der Waals surface area contributed by atoms with Gasteiger partial charge >= 0.3 is 5.69 Å². The van der Waals surface area contributed by atoms with Crippen molar-refractivity contribution in [3.8, 4) is 0 Å². The molecule has 0 spiro atoms. The monoisotopic (exact) mass is 404 g/mol. The summed E-state index contributed by atoms with van der Waals surface area (Å²) in [4.78, 5) is 22.6. The zero-order valence-electron chi connectivity index (χ0n) is 12.5. The van der Waals surface area contributed by atoms with Crippen LogP contribution in [-0.2, 0) is 0 Å². The first-order valence-electron chi connectivity index (χ1n) is 6.94. The van der Waals surface area contributed by atoms with Gasteiger partial charge in [-0.2, -0.15) is 0 Å². The molecule has 0 radical (unpaired) electrons. The van der Waals surface area contributed by atoms with Crippen molar-refractivity contribution in [1.29, 1.82) is 0 Å². The third-order valence-corrected chi connectivity index (χ3v) is 3.59. The number of anilines is 4. The zero-order valence-corrected chi connectivity index (χ0v) is 14.1. The minimum Gasteiger partial charge on any atom is -0.332 e. The van der Waals surface area contributed by atoms with Crippen LogP contribution in [0.25, 0.3) is 0 Å². The van der Waals surface area contributed by atoms with E-state index < -0.39 is 16.4 Å². The summed E-state index contributed by atoms with van der Waals surface area (Å²) in [5.41, 5.74) is -0.371. The Morgan fingerprint density at radius 3 is 2.48 bits per heavy atom. The van der Waals surface area contributed by atoms with Crippen molar-refractivity contribution >= 4 is 44.8 Å². The fourth-order valence-electron chi connectivity index (χ4n) is 2.01. The average molecular weight is 405 g/mol. The molecule has 2 heterocycles. The second kappa shape index (κ2) is 7.18. The van der Waals surface area contributed by atoms with E-state index in [1.807, 2.05) is 0 Å². The van der Waals surface area contributed by atoms with E-state index in [0.29, 0.717) is 10.3 Å². The lowest BCUT2D eigenvalue weighted by atomic mass is 10.3. The van der Waals surface area contributed by atoms with Crippen molar-refractivity contribution in [3.63, 3.8) is 0 Å². The highest BCUT2D eigenvalue weighted by atomic mass is 79.9. The van der Waals surface area contributed by atoms with Crippen molar-refractivity contribution in [2.45, 2.75) is 0 Å². The molecule has 0 aliphatic heterocycles. The number of rotatable bonds is 5. The highest BCUT2D eigenvalue weighted by Crippen LogP contribution is 2.33. The van der Waals surface area contributed by atoms with Crippen molar-refractivity contribution < 1.29 is 9.31 Å². The van der Waals surface area contributed by atoms with Gasteiger partial charge in [0.2, 0.25) is 11.6 Å². The largest absolute Gasteiger partial charge is 0.353 e. The predicted molar refractivity (Wildman–Crippen MR) is 93.6 cm³/mol. The Morgan fingerprint density at radius 2 is 1.84 bits per heavy atom. The number of benzene rings is 1. The van der Waals surface area contributed by atoms with E-state index in [4.69, 9.17) is 0 Å². The van der Waals surface area contributed by atoms with Gasteiger partial charge in [-0.05, 0) is 30.3 Å². The number of nitro groups is 1. The lowest BCUT2D eigenvalue weighted by molar-refractivity contribution is -0.383.